The van der Waals surface area contributed by atoms with Gasteiger partial charge in [-0.2, -0.15) is 4.57 Å². The SMILES string of the molecule is O=[N+]([O-])c1ccc(/C(=C/c2ccc(Br)o2)[n+]2ccccc2)o1. The third-order valence-corrected chi connectivity index (χ3v) is 3.32. The molecule has 0 saturated carbocycles. The van der Waals surface area contributed by atoms with Crippen molar-refractivity contribution in [3.05, 3.63) is 81.2 Å². The molecule has 0 aromatic carbocycles. The third kappa shape index (κ3) is 2.99. The Kier molecular flexibility index (Phi) is 3.88. The average molecular weight is 362 g/mol. The molecule has 6 nitrogen and oxygen atoms in total. The van der Waals surface area contributed by atoms with Gasteiger partial charge in [0, 0.05) is 12.1 Å². The number of nitrogens with zero attached hydrogens (tertiary/aromatic N) is 2. The first kappa shape index (κ1) is 14.3. The standard InChI is InChI=1S/C15H10BrN2O4/c16-14-6-4-11(21-14)10-12(17-8-2-1-3-9-17)13-5-7-15(22-13)18(19)20/h1-10H/q+1/b12-10-. The minimum Gasteiger partial charge on any atom is -0.450 e. The van der Waals surface area contributed by atoms with Gasteiger partial charge in [0.15, 0.2) is 17.1 Å². The number of aromatic nitrogens is 1. The number of nitro groups is 1. The van der Waals surface area contributed by atoms with E-state index in [2.05, 4.69) is 15.9 Å². The van der Waals surface area contributed by atoms with Gasteiger partial charge in [-0.25, -0.2) is 0 Å². The van der Waals surface area contributed by atoms with Crippen molar-refractivity contribution in [2.45, 2.75) is 0 Å². The van der Waals surface area contributed by atoms with Gasteiger partial charge in [0.05, 0.1) is 12.1 Å². The molecule has 7 heteroatoms. The van der Waals surface area contributed by atoms with E-state index in [1.54, 1.807) is 28.8 Å². The lowest BCUT2D eigenvalue weighted by Gasteiger charge is -1.97. The maximum Gasteiger partial charge on any atom is 0.433 e. The maximum atomic E-state index is 10.8. The smallest absolute Gasteiger partial charge is 0.433 e. The van der Waals surface area contributed by atoms with E-state index in [1.807, 2.05) is 30.6 Å². The molecule has 110 valence electrons. The summed E-state index contributed by atoms with van der Waals surface area (Å²) < 4.78 is 13.2. The summed E-state index contributed by atoms with van der Waals surface area (Å²) in [6.45, 7) is 0. The zero-order valence-electron chi connectivity index (χ0n) is 11.2. The number of halogens is 1. The molecule has 0 bridgehead atoms. The van der Waals surface area contributed by atoms with E-state index in [-0.39, 0.29) is 5.88 Å². The van der Waals surface area contributed by atoms with Crippen molar-refractivity contribution in [2.24, 2.45) is 0 Å². The molecule has 0 unspecified atom stereocenters. The molecule has 0 radical (unpaired) electrons. The van der Waals surface area contributed by atoms with Gasteiger partial charge < -0.3 is 8.83 Å². The van der Waals surface area contributed by atoms with E-state index in [9.17, 15) is 10.1 Å². The highest BCUT2D eigenvalue weighted by Crippen LogP contribution is 2.24. The topological polar surface area (TPSA) is 73.3 Å². The van der Waals surface area contributed by atoms with Crippen molar-refractivity contribution in [3.63, 3.8) is 0 Å². The molecule has 0 atom stereocenters. The summed E-state index contributed by atoms with van der Waals surface area (Å²) in [5.41, 5.74) is 0.621. The predicted molar refractivity (Wildman–Crippen MR) is 81.7 cm³/mol. The van der Waals surface area contributed by atoms with Crippen molar-refractivity contribution in [1.82, 2.24) is 0 Å². The van der Waals surface area contributed by atoms with Gasteiger partial charge in [-0.3, -0.25) is 10.1 Å². The normalized spacial score (nSPS) is 11.6. The highest BCUT2D eigenvalue weighted by Gasteiger charge is 2.21. The summed E-state index contributed by atoms with van der Waals surface area (Å²) in [7, 11) is 0. The summed E-state index contributed by atoms with van der Waals surface area (Å²) in [4.78, 5) is 10.2. The summed E-state index contributed by atoms with van der Waals surface area (Å²) in [6, 6.07) is 12.0. The molecule has 3 heterocycles. The van der Waals surface area contributed by atoms with Crippen LogP contribution in [-0.4, -0.2) is 4.92 Å². The molecule has 0 spiro atoms. The van der Waals surface area contributed by atoms with Gasteiger partial charge in [0.1, 0.15) is 10.7 Å². The van der Waals surface area contributed by atoms with E-state index < -0.39 is 4.92 Å². The van der Waals surface area contributed by atoms with E-state index >= 15 is 0 Å². The van der Waals surface area contributed by atoms with Crippen LogP contribution in [0.25, 0.3) is 11.8 Å². The summed E-state index contributed by atoms with van der Waals surface area (Å²) in [5.74, 6) is 0.658. The molecule has 0 fully saturated rings. The highest BCUT2D eigenvalue weighted by molar-refractivity contribution is 9.10. The first-order chi connectivity index (χ1) is 10.6. The number of hydrogen-bond acceptors (Lipinski definition) is 4. The van der Waals surface area contributed by atoms with Gasteiger partial charge >= 0.3 is 5.88 Å². The average Bonchev–Trinajstić information content (AvgIpc) is 3.15. The molecule has 0 N–H and O–H groups in total. The van der Waals surface area contributed by atoms with E-state index in [0.29, 0.717) is 21.9 Å². The fraction of sp³-hybridized carbons (Fsp3) is 0. The van der Waals surface area contributed by atoms with Crippen LogP contribution in [0.1, 0.15) is 11.5 Å². The van der Waals surface area contributed by atoms with Crippen LogP contribution in [0.5, 0.6) is 0 Å². The van der Waals surface area contributed by atoms with Crippen LogP contribution in [0.4, 0.5) is 5.88 Å². The van der Waals surface area contributed by atoms with Crippen molar-refractivity contribution in [2.75, 3.05) is 0 Å². The molecule has 0 amide bonds. The monoisotopic (exact) mass is 361 g/mol. The van der Waals surface area contributed by atoms with Crippen molar-refractivity contribution in [1.29, 1.82) is 0 Å². The second kappa shape index (κ2) is 5.98. The molecule has 0 aliphatic heterocycles. The predicted octanol–water partition coefficient (Wildman–Crippen LogP) is 3.88. The Morgan fingerprint density at radius 2 is 1.91 bits per heavy atom. The van der Waals surface area contributed by atoms with Crippen molar-refractivity contribution >= 4 is 33.6 Å². The quantitative estimate of drug-likeness (QED) is 0.401. The van der Waals surface area contributed by atoms with Crippen LogP contribution >= 0.6 is 15.9 Å². The van der Waals surface area contributed by atoms with Crippen LogP contribution in [-0.2, 0) is 0 Å². The molecular weight excluding hydrogens is 352 g/mol. The first-order valence-corrected chi connectivity index (χ1v) is 7.11. The first-order valence-electron chi connectivity index (χ1n) is 6.32. The molecule has 0 saturated heterocycles. The Bertz CT molecular complexity index is 836. The van der Waals surface area contributed by atoms with Crippen molar-refractivity contribution < 1.29 is 18.3 Å². The highest BCUT2D eigenvalue weighted by atomic mass is 79.9. The number of hydrogen-bond donors (Lipinski definition) is 0. The Hall–Kier alpha value is -2.67. The summed E-state index contributed by atoms with van der Waals surface area (Å²) in [6.07, 6.45) is 5.38. The number of furan rings is 2. The number of pyridine rings is 1. The van der Waals surface area contributed by atoms with Crippen LogP contribution in [0.3, 0.4) is 0 Å². The largest absolute Gasteiger partial charge is 0.450 e. The molecule has 22 heavy (non-hydrogen) atoms. The van der Waals surface area contributed by atoms with Gasteiger partial charge in [0.25, 0.3) is 5.70 Å². The third-order valence-electron chi connectivity index (χ3n) is 2.89. The van der Waals surface area contributed by atoms with Gasteiger partial charge in [-0.15, -0.1) is 0 Å². The molecular formula is C15H10BrN2O4+. The molecule has 3 rings (SSSR count). The lowest BCUT2D eigenvalue weighted by molar-refractivity contribution is -0.579. The zero-order valence-corrected chi connectivity index (χ0v) is 12.8. The fourth-order valence-corrected chi connectivity index (χ4v) is 2.26. The molecule has 0 aliphatic carbocycles. The lowest BCUT2D eigenvalue weighted by atomic mass is 10.2. The Labute approximate surface area is 133 Å². The van der Waals surface area contributed by atoms with Crippen LogP contribution in [0.2, 0.25) is 0 Å². The van der Waals surface area contributed by atoms with Crippen molar-refractivity contribution in [3.8, 4) is 0 Å². The lowest BCUT2D eigenvalue weighted by Crippen LogP contribution is -2.31. The van der Waals surface area contributed by atoms with Gasteiger partial charge in [-0.1, -0.05) is 6.07 Å². The Balaban J connectivity index is 2.10. The number of rotatable bonds is 4. The van der Waals surface area contributed by atoms with E-state index in [1.165, 1.54) is 6.07 Å². The van der Waals surface area contributed by atoms with Crippen LogP contribution in [0.15, 0.2) is 68.4 Å². The second-order valence-corrected chi connectivity index (χ2v) is 5.13. The molecule has 3 aromatic heterocycles. The Morgan fingerprint density at radius 1 is 1.14 bits per heavy atom. The zero-order chi connectivity index (χ0) is 15.5. The maximum absolute atomic E-state index is 10.8. The summed E-state index contributed by atoms with van der Waals surface area (Å²) >= 11 is 3.24. The second-order valence-electron chi connectivity index (χ2n) is 4.35. The molecule has 0 aliphatic rings. The van der Waals surface area contributed by atoms with E-state index in [0.717, 1.165) is 0 Å². The van der Waals surface area contributed by atoms with Gasteiger partial charge in [0.2, 0.25) is 5.76 Å². The minimum atomic E-state index is -0.569. The molecule has 3 aromatic rings. The van der Waals surface area contributed by atoms with E-state index in [4.69, 9.17) is 8.83 Å². The van der Waals surface area contributed by atoms with Gasteiger partial charge in [-0.05, 0) is 34.1 Å². The minimum absolute atomic E-state index is 0.307. The fourth-order valence-electron chi connectivity index (χ4n) is 1.94. The summed E-state index contributed by atoms with van der Waals surface area (Å²) in [5, 5.41) is 10.8. The van der Waals surface area contributed by atoms with Crippen LogP contribution in [0, 0.1) is 10.1 Å². The Morgan fingerprint density at radius 3 is 2.50 bits per heavy atom. The van der Waals surface area contributed by atoms with Crippen LogP contribution < -0.4 is 4.57 Å².